The van der Waals surface area contributed by atoms with Gasteiger partial charge >= 0.3 is 0 Å². The zero-order valence-electron chi connectivity index (χ0n) is 25.8. The second-order valence-electron chi connectivity index (χ2n) is 12.9. The summed E-state index contributed by atoms with van der Waals surface area (Å²) in [5.41, 5.74) is 2.31. The van der Waals surface area contributed by atoms with Crippen LogP contribution in [0, 0.1) is 5.92 Å². The Bertz CT molecular complexity index is 1540. The standard InChI is InChI=1S/C33H39ClN8O4/c1-20-18-40(33(45)27-6-5-24(34)17-35-27)9-10-41(20)25-12-22(13-25)32(44)38-30-14-26-11-21(7-8-42(26)39-30)23-15-36-31(37-16-23)19-46-29-4-2-3-28(29)43/h5-8,11,15-17,20,22,25-26,28-29,43H,2-4,9-10,12-14,18-19H2,1H3,(H,38,39,44)/t20-,22-,25+,26?,28-,29-/m0/s1. The van der Waals surface area contributed by atoms with Crippen molar-refractivity contribution in [2.24, 2.45) is 11.0 Å². The van der Waals surface area contributed by atoms with E-state index in [1.807, 2.05) is 22.2 Å². The predicted molar refractivity (Wildman–Crippen MR) is 171 cm³/mol. The second-order valence-corrected chi connectivity index (χ2v) is 13.3. The molecular formula is C33H39ClN8O4. The molecule has 3 aliphatic heterocycles. The van der Waals surface area contributed by atoms with Crippen molar-refractivity contribution < 1.29 is 19.4 Å². The van der Waals surface area contributed by atoms with E-state index in [0.29, 0.717) is 47.9 Å². The summed E-state index contributed by atoms with van der Waals surface area (Å²) in [6.07, 6.45) is 15.4. The molecule has 0 spiro atoms. The fourth-order valence-corrected chi connectivity index (χ4v) is 7.17. The lowest BCUT2D eigenvalue weighted by Gasteiger charge is -2.49. The molecule has 2 aromatic heterocycles. The predicted octanol–water partition coefficient (Wildman–Crippen LogP) is 2.99. The molecule has 2 saturated carbocycles. The number of nitrogens with one attached hydrogen (secondary N) is 1. The minimum absolute atomic E-state index is 0.0132. The molecule has 12 nitrogen and oxygen atoms in total. The summed E-state index contributed by atoms with van der Waals surface area (Å²) in [5.74, 6) is 1.17. The molecule has 2 aliphatic carbocycles. The van der Waals surface area contributed by atoms with Crippen molar-refractivity contribution in [3.63, 3.8) is 0 Å². The van der Waals surface area contributed by atoms with E-state index >= 15 is 0 Å². The number of hydrogen-bond acceptors (Lipinski definition) is 10. The molecule has 3 fully saturated rings. The number of aliphatic hydroxyl groups is 1. The van der Waals surface area contributed by atoms with E-state index in [1.54, 1.807) is 24.5 Å². The summed E-state index contributed by atoms with van der Waals surface area (Å²) >= 11 is 5.92. The summed E-state index contributed by atoms with van der Waals surface area (Å²) in [7, 11) is 0. The molecule has 2 amide bonds. The summed E-state index contributed by atoms with van der Waals surface area (Å²) < 4.78 is 5.81. The monoisotopic (exact) mass is 646 g/mol. The highest BCUT2D eigenvalue weighted by atomic mass is 35.5. The average molecular weight is 647 g/mol. The third-order valence-corrected chi connectivity index (χ3v) is 10.00. The molecule has 1 unspecified atom stereocenters. The number of amidine groups is 1. The van der Waals surface area contributed by atoms with Gasteiger partial charge in [0.05, 0.1) is 23.3 Å². The Kier molecular flexibility index (Phi) is 8.86. The number of allylic oxidation sites excluding steroid dienone is 2. The van der Waals surface area contributed by atoms with Crippen LogP contribution in [0.2, 0.25) is 5.02 Å². The number of hydrazone groups is 1. The largest absolute Gasteiger partial charge is 0.390 e. The van der Waals surface area contributed by atoms with E-state index in [-0.39, 0.29) is 42.5 Å². The molecule has 5 aliphatic rings. The van der Waals surface area contributed by atoms with Crippen molar-refractivity contribution in [1.82, 2.24) is 35.1 Å². The van der Waals surface area contributed by atoms with Crippen LogP contribution in [0.15, 0.2) is 54.2 Å². The molecule has 2 aromatic rings. The number of amides is 2. The van der Waals surface area contributed by atoms with Crippen molar-refractivity contribution in [3.8, 4) is 0 Å². The Hall–Kier alpha value is -3.71. The van der Waals surface area contributed by atoms with Crippen LogP contribution in [0.1, 0.15) is 67.3 Å². The van der Waals surface area contributed by atoms with Crippen LogP contribution in [-0.2, 0) is 16.1 Å². The molecule has 0 radical (unpaired) electrons. The fraction of sp³-hybridized carbons (Fsp3) is 0.515. The van der Waals surface area contributed by atoms with Crippen molar-refractivity contribution in [2.75, 3.05) is 19.6 Å². The van der Waals surface area contributed by atoms with E-state index in [0.717, 1.165) is 49.8 Å². The van der Waals surface area contributed by atoms with Gasteiger partial charge in [-0.3, -0.25) is 19.5 Å². The van der Waals surface area contributed by atoms with Crippen LogP contribution in [0.3, 0.4) is 0 Å². The zero-order valence-corrected chi connectivity index (χ0v) is 26.6. The van der Waals surface area contributed by atoms with Crippen molar-refractivity contribution in [1.29, 1.82) is 0 Å². The Morgan fingerprint density at radius 3 is 2.65 bits per heavy atom. The minimum atomic E-state index is -0.400. The molecule has 7 rings (SSSR count). The highest BCUT2D eigenvalue weighted by Crippen LogP contribution is 2.35. The highest BCUT2D eigenvalue weighted by Gasteiger charge is 2.42. The number of nitrogens with zero attached hydrogens (tertiary/aromatic N) is 7. The van der Waals surface area contributed by atoms with Crippen molar-refractivity contribution in [2.45, 2.75) is 82.4 Å². The van der Waals surface area contributed by atoms with Gasteiger partial charge in [-0.1, -0.05) is 17.7 Å². The maximum Gasteiger partial charge on any atom is 0.272 e. The normalized spacial score (nSPS) is 29.2. The summed E-state index contributed by atoms with van der Waals surface area (Å²) in [6.45, 7) is 4.46. The summed E-state index contributed by atoms with van der Waals surface area (Å²) in [5, 5.41) is 20.1. The lowest BCUT2D eigenvalue weighted by molar-refractivity contribution is -0.129. The minimum Gasteiger partial charge on any atom is -0.390 e. The van der Waals surface area contributed by atoms with Crippen LogP contribution in [0.5, 0.6) is 0 Å². The third-order valence-electron chi connectivity index (χ3n) is 9.77. The second kappa shape index (κ2) is 13.2. The van der Waals surface area contributed by atoms with Crippen molar-refractivity contribution in [3.05, 3.63) is 71.2 Å². The fourth-order valence-electron chi connectivity index (χ4n) is 7.05. The number of carbonyl (C=O) groups excluding carboxylic acids is 2. The molecule has 13 heteroatoms. The third kappa shape index (κ3) is 6.57. The van der Waals surface area contributed by atoms with E-state index in [1.165, 1.54) is 6.20 Å². The maximum absolute atomic E-state index is 13.1. The van der Waals surface area contributed by atoms with Crippen LogP contribution in [0.4, 0.5) is 0 Å². The first-order chi connectivity index (χ1) is 22.3. The molecule has 5 heterocycles. The van der Waals surface area contributed by atoms with Gasteiger partial charge in [-0.2, -0.15) is 5.10 Å². The number of pyridine rings is 1. The van der Waals surface area contributed by atoms with E-state index in [2.05, 4.69) is 43.3 Å². The number of carbonyl (C=O) groups is 2. The highest BCUT2D eigenvalue weighted by molar-refractivity contribution is 6.30. The van der Waals surface area contributed by atoms with Crippen molar-refractivity contribution >= 4 is 34.8 Å². The first-order valence-corrected chi connectivity index (χ1v) is 16.5. The smallest absolute Gasteiger partial charge is 0.272 e. The number of fused-ring (bicyclic) bond motifs is 1. The number of hydrogen-bond donors (Lipinski definition) is 2. The number of halogens is 1. The van der Waals surface area contributed by atoms with Gasteiger partial charge in [0.25, 0.3) is 5.91 Å². The number of rotatable bonds is 7. The van der Waals surface area contributed by atoms with Crippen LogP contribution in [-0.4, -0.2) is 102 Å². The molecule has 2 N–H and O–H groups in total. The topological polar surface area (TPSA) is 136 Å². The number of aliphatic hydroxyl groups excluding tert-OH is 1. The molecule has 4 atom stereocenters. The molecule has 46 heavy (non-hydrogen) atoms. The van der Waals surface area contributed by atoms with Gasteiger partial charge in [0.15, 0.2) is 5.82 Å². The SMILES string of the molecule is C[C@H]1CN(C(=O)c2ccc(Cl)cn2)CCN1[C@H]1C[C@@H](C(=O)NC2=NN3C=CC(c4cnc(CO[C@H]5CCC[C@@H]5O)nc4)=CC3C2)C1. The van der Waals surface area contributed by atoms with Gasteiger partial charge in [0, 0.05) is 74.4 Å². The zero-order chi connectivity index (χ0) is 31.8. The van der Waals surface area contributed by atoms with Crippen LogP contribution in [0.25, 0.3) is 5.57 Å². The van der Waals surface area contributed by atoms with Gasteiger partial charge in [-0.25, -0.2) is 15.0 Å². The molecular weight excluding hydrogens is 608 g/mol. The number of aromatic nitrogens is 3. The summed E-state index contributed by atoms with van der Waals surface area (Å²) in [4.78, 5) is 43.4. The molecule has 1 saturated heterocycles. The lowest BCUT2D eigenvalue weighted by atomic mass is 9.77. The van der Waals surface area contributed by atoms with Gasteiger partial charge in [-0.15, -0.1) is 0 Å². The lowest BCUT2D eigenvalue weighted by Crippen LogP contribution is -2.60. The van der Waals surface area contributed by atoms with E-state index < -0.39 is 6.10 Å². The Morgan fingerprint density at radius 1 is 1.11 bits per heavy atom. The first-order valence-electron chi connectivity index (χ1n) is 16.1. The Morgan fingerprint density at radius 2 is 1.93 bits per heavy atom. The Balaban J connectivity index is 0.858. The van der Waals surface area contributed by atoms with E-state index in [9.17, 15) is 14.7 Å². The molecule has 0 bridgehead atoms. The van der Waals surface area contributed by atoms with Gasteiger partial charge in [-0.05, 0) is 62.8 Å². The molecule has 242 valence electrons. The van der Waals surface area contributed by atoms with Gasteiger partial charge < -0.3 is 20.1 Å². The number of piperazine rings is 1. The first kappa shape index (κ1) is 30.9. The average Bonchev–Trinajstić information content (AvgIpc) is 3.64. The van der Waals surface area contributed by atoms with Crippen LogP contribution >= 0.6 is 11.6 Å². The maximum atomic E-state index is 13.1. The van der Waals surface area contributed by atoms with Gasteiger partial charge in [0.1, 0.15) is 18.1 Å². The van der Waals surface area contributed by atoms with E-state index in [4.69, 9.17) is 16.3 Å². The number of ether oxygens (including phenoxy) is 1. The van der Waals surface area contributed by atoms with Gasteiger partial charge in [0.2, 0.25) is 5.91 Å². The molecule has 0 aromatic carbocycles. The summed E-state index contributed by atoms with van der Waals surface area (Å²) in [6, 6.07) is 3.89. The quantitative estimate of drug-likeness (QED) is 0.465. The Labute approximate surface area is 273 Å². The van der Waals surface area contributed by atoms with Crippen LogP contribution < -0.4 is 5.32 Å².